The van der Waals surface area contributed by atoms with E-state index in [1.807, 2.05) is 0 Å². The van der Waals surface area contributed by atoms with Crippen LogP contribution in [0.1, 0.15) is 71.1 Å². The van der Waals surface area contributed by atoms with Crippen LogP contribution >= 0.6 is 0 Å². The fourth-order valence-electron chi connectivity index (χ4n) is 5.12. The van der Waals surface area contributed by atoms with Gasteiger partial charge in [0.25, 0.3) is 0 Å². The summed E-state index contributed by atoms with van der Waals surface area (Å²) in [4.78, 5) is 0. The van der Waals surface area contributed by atoms with Gasteiger partial charge in [-0.1, -0.05) is 19.8 Å². The summed E-state index contributed by atoms with van der Waals surface area (Å²) < 4.78 is 69.0. The van der Waals surface area contributed by atoms with Crippen molar-refractivity contribution in [2.45, 2.75) is 95.9 Å². The maximum absolute atomic E-state index is 14.2. The largest absolute Gasteiger partial charge is 0.522 e. The minimum atomic E-state index is -4.99. The van der Waals surface area contributed by atoms with Gasteiger partial charge in [-0.3, -0.25) is 4.74 Å². The van der Waals surface area contributed by atoms with Crippen molar-refractivity contribution >= 4 is 0 Å². The minimum Gasteiger partial charge on any atom is -0.282 e. The van der Waals surface area contributed by atoms with E-state index in [1.165, 1.54) is 25.7 Å². The highest BCUT2D eigenvalue weighted by Gasteiger charge is 2.47. The van der Waals surface area contributed by atoms with E-state index in [1.54, 1.807) is 5.92 Å². The van der Waals surface area contributed by atoms with Crippen molar-refractivity contribution in [3.63, 3.8) is 0 Å². The summed E-state index contributed by atoms with van der Waals surface area (Å²) in [6, 6.07) is 0. The van der Waals surface area contributed by atoms with Crippen molar-refractivity contribution in [3.05, 3.63) is 11.8 Å². The van der Waals surface area contributed by atoms with Gasteiger partial charge in [-0.2, -0.15) is 0 Å². The first-order valence-electron chi connectivity index (χ1n) is 9.94. The van der Waals surface area contributed by atoms with Gasteiger partial charge in [0.15, 0.2) is 0 Å². The Morgan fingerprint density at radius 2 is 1.23 bits per heavy atom. The lowest BCUT2D eigenvalue weighted by molar-refractivity contribution is -0.358. The van der Waals surface area contributed by atoms with Crippen LogP contribution in [-0.2, 0) is 4.74 Å². The first-order valence-corrected chi connectivity index (χ1v) is 9.94. The van der Waals surface area contributed by atoms with Crippen molar-refractivity contribution < 1.29 is 26.7 Å². The summed E-state index contributed by atoms with van der Waals surface area (Å²) in [5.74, 6) is 4.00. The molecule has 0 bridgehead atoms. The molecular formula is C20H29F5O. The Morgan fingerprint density at radius 3 is 1.73 bits per heavy atom. The second kappa shape index (κ2) is 8.32. The lowest BCUT2D eigenvalue weighted by atomic mass is 9.65. The molecule has 3 fully saturated rings. The molecule has 3 rings (SSSR count). The lowest BCUT2D eigenvalue weighted by Crippen LogP contribution is -2.46. The lowest BCUT2D eigenvalue weighted by Gasteiger charge is -2.42. The van der Waals surface area contributed by atoms with Crippen molar-refractivity contribution in [3.8, 4) is 0 Å². The molecule has 150 valence electrons. The number of halogens is 5. The van der Waals surface area contributed by atoms with Gasteiger partial charge in [-0.15, -0.1) is 13.2 Å². The number of ether oxygens (including phenoxy) is 1. The van der Waals surface area contributed by atoms with Gasteiger partial charge in [0, 0.05) is 0 Å². The van der Waals surface area contributed by atoms with Gasteiger partial charge in [-0.25, -0.2) is 8.78 Å². The molecule has 0 heterocycles. The highest BCUT2D eigenvalue weighted by molar-refractivity contribution is 5.09. The molecule has 0 aliphatic heterocycles. The second-order valence-corrected chi connectivity index (χ2v) is 8.50. The van der Waals surface area contributed by atoms with Crippen LogP contribution in [0.15, 0.2) is 0 Å². The smallest absolute Gasteiger partial charge is 0.282 e. The van der Waals surface area contributed by atoms with E-state index in [0.29, 0.717) is 5.92 Å². The summed E-state index contributed by atoms with van der Waals surface area (Å²) in [6.07, 6.45) is -2.17. The SMILES string of the molecule is CC1CC[C](C2CC[C](C3CC(F)C(OC(F)(F)F)C(F)C3)CC2)CC1. The molecule has 3 aliphatic carbocycles. The Hall–Kier alpha value is -0.390. The fourth-order valence-corrected chi connectivity index (χ4v) is 5.12. The Morgan fingerprint density at radius 1 is 0.769 bits per heavy atom. The van der Waals surface area contributed by atoms with Gasteiger partial charge in [0.05, 0.1) is 0 Å². The second-order valence-electron chi connectivity index (χ2n) is 8.50. The molecule has 26 heavy (non-hydrogen) atoms. The van der Waals surface area contributed by atoms with E-state index in [2.05, 4.69) is 11.7 Å². The van der Waals surface area contributed by atoms with Gasteiger partial charge < -0.3 is 0 Å². The Kier molecular flexibility index (Phi) is 6.51. The zero-order valence-corrected chi connectivity index (χ0v) is 15.3. The van der Waals surface area contributed by atoms with E-state index in [-0.39, 0.29) is 18.8 Å². The third kappa shape index (κ3) is 5.11. The number of hydrogen-bond donors (Lipinski definition) is 0. The highest BCUT2D eigenvalue weighted by atomic mass is 19.4. The van der Waals surface area contributed by atoms with E-state index in [4.69, 9.17) is 0 Å². The van der Waals surface area contributed by atoms with Crippen molar-refractivity contribution in [1.82, 2.24) is 0 Å². The quantitative estimate of drug-likeness (QED) is 0.506. The van der Waals surface area contributed by atoms with Crippen LogP contribution < -0.4 is 0 Å². The molecule has 0 aromatic carbocycles. The summed E-state index contributed by atoms with van der Waals surface area (Å²) in [6.45, 7) is 2.29. The monoisotopic (exact) mass is 380 g/mol. The molecule has 1 nitrogen and oxygen atoms in total. The van der Waals surface area contributed by atoms with Gasteiger partial charge in [-0.05, 0) is 81.0 Å². The topological polar surface area (TPSA) is 9.23 Å². The van der Waals surface area contributed by atoms with Crippen LogP contribution in [0.25, 0.3) is 0 Å². The van der Waals surface area contributed by atoms with Crippen LogP contribution in [0, 0.1) is 29.6 Å². The van der Waals surface area contributed by atoms with E-state index >= 15 is 0 Å². The van der Waals surface area contributed by atoms with Gasteiger partial charge in [0.1, 0.15) is 18.4 Å². The fraction of sp³-hybridized carbons (Fsp3) is 0.900. The highest BCUT2D eigenvalue weighted by Crippen LogP contribution is 2.48. The average molecular weight is 380 g/mol. The third-order valence-electron chi connectivity index (χ3n) is 6.70. The van der Waals surface area contributed by atoms with Crippen molar-refractivity contribution in [1.29, 1.82) is 0 Å². The number of rotatable bonds is 3. The average Bonchev–Trinajstić information content (AvgIpc) is 2.58. The summed E-state index contributed by atoms with van der Waals surface area (Å²) in [5, 5.41) is 0. The molecule has 3 saturated carbocycles. The zero-order valence-electron chi connectivity index (χ0n) is 15.3. The van der Waals surface area contributed by atoms with Crippen molar-refractivity contribution in [2.24, 2.45) is 17.8 Å². The Labute approximate surface area is 153 Å². The summed E-state index contributed by atoms with van der Waals surface area (Å²) in [7, 11) is 0. The standard InChI is InChI=1S/C20H29F5O/c1-12-2-4-13(5-3-12)14-6-8-15(9-7-14)16-10-17(21)19(18(22)11-16)26-20(23,24)25/h12,14,16-19H,2-11H2,1H3. The molecule has 0 aromatic heterocycles. The maximum atomic E-state index is 14.2. The van der Waals surface area contributed by atoms with Crippen LogP contribution in [0.3, 0.4) is 0 Å². The molecule has 3 aliphatic rings. The minimum absolute atomic E-state index is 0.0464. The van der Waals surface area contributed by atoms with E-state index < -0.39 is 24.8 Å². The molecule has 0 N–H and O–H groups in total. The van der Waals surface area contributed by atoms with Crippen molar-refractivity contribution in [2.75, 3.05) is 0 Å². The maximum Gasteiger partial charge on any atom is 0.522 e. The zero-order chi connectivity index (χ0) is 18.9. The van der Waals surface area contributed by atoms with E-state index in [9.17, 15) is 22.0 Å². The number of hydrogen-bond acceptors (Lipinski definition) is 1. The molecule has 2 radical (unpaired) electrons. The van der Waals surface area contributed by atoms with Crippen LogP contribution in [0.4, 0.5) is 22.0 Å². The normalized spacial score (nSPS) is 37.2. The van der Waals surface area contributed by atoms with Crippen LogP contribution in [0.5, 0.6) is 0 Å². The van der Waals surface area contributed by atoms with Gasteiger partial charge >= 0.3 is 6.36 Å². The summed E-state index contributed by atoms with van der Waals surface area (Å²) >= 11 is 0. The van der Waals surface area contributed by atoms with Crippen LogP contribution in [-0.4, -0.2) is 24.8 Å². The first kappa shape index (κ1) is 20.3. The number of alkyl halides is 5. The van der Waals surface area contributed by atoms with Crippen LogP contribution in [0.2, 0.25) is 0 Å². The molecule has 0 amide bonds. The molecule has 0 spiro atoms. The Bertz CT molecular complexity index is 426. The molecule has 2 unspecified atom stereocenters. The summed E-state index contributed by atoms with van der Waals surface area (Å²) in [5.41, 5.74) is 0. The molecular weight excluding hydrogens is 351 g/mol. The predicted octanol–water partition coefficient (Wildman–Crippen LogP) is 6.53. The first-order chi connectivity index (χ1) is 12.2. The predicted molar refractivity (Wildman–Crippen MR) is 89.5 cm³/mol. The Balaban J connectivity index is 1.48. The molecule has 0 saturated heterocycles. The van der Waals surface area contributed by atoms with E-state index in [0.717, 1.165) is 37.5 Å². The third-order valence-corrected chi connectivity index (χ3v) is 6.70. The molecule has 2 atom stereocenters. The molecule has 0 aromatic rings. The van der Waals surface area contributed by atoms with Gasteiger partial charge in [0.2, 0.25) is 0 Å². The molecule has 6 heteroatoms.